The minimum absolute atomic E-state index is 0.0445. The number of alkyl halides is 3. The van der Waals surface area contributed by atoms with Crippen molar-refractivity contribution in [3.05, 3.63) is 59.2 Å². The number of amides is 2. The van der Waals surface area contributed by atoms with Gasteiger partial charge in [-0.05, 0) is 63.8 Å². The van der Waals surface area contributed by atoms with Crippen LogP contribution in [0.5, 0.6) is 5.75 Å². The second kappa shape index (κ2) is 9.45. The molecule has 5 rings (SSSR count). The van der Waals surface area contributed by atoms with E-state index in [1.807, 2.05) is 0 Å². The second-order valence-corrected chi connectivity index (χ2v) is 11.9. The molecule has 40 heavy (non-hydrogen) atoms. The summed E-state index contributed by atoms with van der Waals surface area (Å²) >= 11 is 0. The van der Waals surface area contributed by atoms with E-state index in [4.69, 9.17) is 10.5 Å². The van der Waals surface area contributed by atoms with E-state index in [0.717, 1.165) is 6.07 Å². The van der Waals surface area contributed by atoms with Gasteiger partial charge >= 0.3 is 6.18 Å². The van der Waals surface area contributed by atoms with E-state index < -0.39 is 58.4 Å². The normalized spacial score (nSPS) is 25.8. The summed E-state index contributed by atoms with van der Waals surface area (Å²) in [6.45, 7) is 6.78. The number of nitrogens with zero attached hydrogens (tertiary/aromatic N) is 3. The molecular weight excluding hydrogens is 530 g/mol. The summed E-state index contributed by atoms with van der Waals surface area (Å²) < 4.78 is 61.7. The van der Waals surface area contributed by atoms with Crippen LogP contribution in [0.15, 0.2) is 41.7 Å². The Kier molecular flexibility index (Phi) is 6.58. The highest BCUT2D eigenvalue weighted by Gasteiger charge is 2.54. The van der Waals surface area contributed by atoms with Gasteiger partial charge in [0, 0.05) is 24.7 Å². The number of rotatable bonds is 5. The van der Waals surface area contributed by atoms with Crippen molar-refractivity contribution in [2.75, 3.05) is 0 Å². The molecule has 2 aliphatic heterocycles. The van der Waals surface area contributed by atoms with Crippen LogP contribution in [0.1, 0.15) is 75.7 Å². The van der Waals surface area contributed by atoms with Crippen molar-refractivity contribution in [3.63, 3.8) is 0 Å². The molecule has 1 saturated carbocycles. The first-order valence-electron chi connectivity index (χ1n) is 13.0. The first-order valence-corrected chi connectivity index (χ1v) is 13.0. The summed E-state index contributed by atoms with van der Waals surface area (Å²) in [4.78, 5) is 36.8. The number of halogens is 4. The molecule has 3 N–H and O–H groups in total. The molecule has 4 atom stereocenters. The Morgan fingerprint density at radius 1 is 1.23 bits per heavy atom. The third-order valence-corrected chi connectivity index (χ3v) is 7.59. The summed E-state index contributed by atoms with van der Waals surface area (Å²) in [5, 5.41) is 2.78. The SMILES string of the molecule is CC1(C)CC(=O)N([C@H](c2cccnc2)C2CC2C(=O)N[C@H]2CC(C)(C)Oc3c(C(F)(F)F)ccc(F)c32)C(N)=N1. The maximum absolute atomic E-state index is 14.9. The Balaban J connectivity index is 1.44. The lowest BCUT2D eigenvalue weighted by Gasteiger charge is -2.39. The first kappa shape index (κ1) is 27.9. The van der Waals surface area contributed by atoms with Crippen molar-refractivity contribution in [1.29, 1.82) is 0 Å². The van der Waals surface area contributed by atoms with Crippen LogP contribution in [0.3, 0.4) is 0 Å². The van der Waals surface area contributed by atoms with E-state index in [1.54, 1.807) is 52.2 Å². The van der Waals surface area contributed by atoms with Gasteiger partial charge in [0.2, 0.25) is 11.8 Å². The van der Waals surface area contributed by atoms with Crippen LogP contribution in [0.25, 0.3) is 0 Å². The number of aliphatic imine (C=N–C) groups is 1. The van der Waals surface area contributed by atoms with Gasteiger partial charge in [-0.3, -0.25) is 19.5 Å². The van der Waals surface area contributed by atoms with E-state index in [-0.39, 0.29) is 36.2 Å². The zero-order chi connectivity index (χ0) is 29.2. The van der Waals surface area contributed by atoms with Crippen LogP contribution >= 0.6 is 0 Å². The number of ether oxygens (including phenoxy) is 1. The number of aromatic nitrogens is 1. The Hall–Kier alpha value is -3.70. The molecule has 1 fully saturated rings. The molecule has 2 unspecified atom stereocenters. The molecule has 2 amide bonds. The average molecular weight is 562 g/mol. The van der Waals surface area contributed by atoms with Gasteiger partial charge in [-0.2, -0.15) is 13.2 Å². The summed E-state index contributed by atoms with van der Waals surface area (Å²) in [5.74, 6) is -3.10. The van der Waals surface area contributed by atoms with Crippen LogP contribution in [-0.2, 0) is 15.8 Å². The number of hydrogen-bond acceptors (Lipinski definition) is 6. The Bertz CT molecular complexity index is 1380. The third kappa shape index (κ3) is 5.23. The number of nitrogens with one attached hydrogen (secondary N) is 1. The summed E-state index contributed by atoms with van der Waals surface area (Å²) in [6.07, 6.45) is -1.00. The molecule has 3 aliphatic rings. The third-order valence-electron chi connectivity index (χ3n) is 7.59. The fourth-order valence-electron chi connectivity index (χ4n) is 5.83. The molecular formula is C28H31F4N5O3. The Morgan fingerprint density at radius 3 is 2.58 bits per heavy atom. The maximum atomic E-state index is 14.9. The van der Waals surface area contributed by atoms with Crippen molar-refractivity contribution in [2.24, 2.45) is 22.6 Å². The number of guanidine groups is 1. The Morgan fingerprint density at radius 2 is 1.95 bits per heavy atom. The number of hydrogen-bond donors (Lipinski definition) is 2. The van der Waals surface area contributed by atoms with E-state index in [2.05, 4.69) is 15.3 Å². The molecule has 0 bridgehead atoms. The van der Waals surface area contributed by atoms with Gasteiger partial charge in [0.25, 0.3) is 0 Å². The number of carbonyl (C=O) groups excluding carboxylic acids is 2. The number of benzene rings is 1. The minimum Gasteiger partial charge on any atom is -0.487 e. The number of carbonyl (C=O) groups is 2. The topological polar surface area (TPSA) is 110 Å². The van der Waals surface area contributed by atoms with Crippen molar-refractivity contribution in [1.82, 2.24) is 15.2 Å². The molecule has 214 valence electrons. The smallest absolute Gasteiger partial charge is 0.419 e. The lowest BCUT2D eigenvalue weighted by atomic mass is 9.87. The molecule has 2 aromatic rings. The van der Waals surface area contributed by atoms with Crippen molar-refractivity contribution in [2.45, 2.75) is 76.4 Å². The molecule has 1 aliphatic carbocycles. The quantitative estimate of drug-likeness (QED) is 0.516. The highest BCUT2D eigenvalue weighted by Crippen LogP contribution is 2.52. The van der Waals surface area contributed by atoms with E-state index in [9.17, 15) is 27.2 Å². The largest absolute Gasteiger partial charge is 0.487 e. The fourth-order valence-corrected chi connectivity index (χ4v) is 5.83. The van der Waals surface area contributed by atoms with Gasteiger partial charge < -0.3 is 15.8 Å². The van der Waals surface area contributed by atoms with Gasteiger partial charge in [0.1, 0.15) is 17.2 Å². The predicted molar refractivity (Wildman–Crippen MR) is 137 cm³/mol. The fraction of sp³-hybridized carbons (Fsp3) is 0.500. The summed E-state index contributed by atoms with van der Waals surface area (Å²) in [5.41, 5.74) is 3.74. The standard InChI is InChI=1S/C28H31F4N5O3/c1-26(2)12-20(38)37(25(33)36-26)22(14-6-5-9-34-13-14)15-10-16(15)24(39)35-19-11-27(3,4)40-23-17(28(30,31)32)7-8-18(29)21(19)23/h5-9,13,15-16,19,22H,10-12H2,1-4H3,(H2,33,36)(H,35,39)/t15?,16?,19-,22+/m0/s1. The van der Waals surface area contributed by atoms with E-state index in [0.29, 0.717) is 18.1 Å². The summed E-state index contributed by atoms with van der Waals surface area (Å²) in [6, 6.07) is 3.22. The maximum Gasteiger partial charge on any atom is 0.419 e. The zero-order valence-electron chi connectivity index (χ0n) is 22.6. The van der Waals surface area contributed by atoms with E-state index in [1.165, 1.54) is 4.90 Å². The van der Waals surface area contributed by atoms with Gasteiger partial charge in [-0.15, -0.1) is 0 Å². The van der Waals surface area contributed by atoms with Crippen LogP contribution in [-0.4, -0.2) is 38.8 Å². The molecule has 8 nitrogen and oxygen atoms in total. The number of fused-ring (bicyclic) bond motifs is 1. The highest BCUT2D eigenvalue weighted by molar-refractivity contribution is 5.99. The lowest BCUT2D eigenvalue weighted by Crippen LogP contribution is -2.52. The van der Waals surface area contributed by atoms with Gasteiger partial charge in [-0.25, -0.2) is 9.38 Å². The molecule has 1 aromatic carbocycles. The van der Waals surface area contributed by atoms with Crippen LogP contribution < -0.4 is 15.8 Å². The van der Waals surface area contributed by atoms with Crippen molar-refractivity contribution >= 4 is 17.8 Å². The van der Waals surface area contributed by atoms with E-state index >= 15 is 0 Å². The molecule has 0 saturated heterocycles. The molecule has 12 heteroatoms. The van der Waals surface area contributed by atoms with Gasteiger partial charge in [0.15, 0.2) is 5.96 Å². The Labute approximate surface area is 229 Å². The average Bonchev–Trinajstić information content (AvgIpc) is 3.60. The highest BCUT2D eigenvalue weighted by atomic mass is 19.4. The summed E-state index contributed by atoms with van der Waals surface area (Å²) in [7, 11) is 0. The molecule has 1 aromatic heterocycles. The van der Waals surface area contributed by atoms with Crippen molar-refractivity contribution < 1.29 is 31.9 Å². The minimum atomic E-state index is -4.77. The van der Waals surface area contributed by atoms with Crippen LogP contribution in [0.4, 0.5) is 17.6 Å². The monoisotopic (exact) mass is 561 g/mol. The second-order valence-electron chi connectivity index (χ2n) is 11.9. The van der Waals surface area contributed by atoms with Gasteiger partial charge in [-0.1, -0.05) is 6.07 Å². The molecule has 3 heterocycles. The predicted octanol–water partition coefficient (Wildman–Crippen LogP) is 4.66. The van der Waals surface area contributed by atoms with Crippen LogP contribution in [0.2, 0.25) is 0 Å². The first-order chi connectivity index (χ1) is 18.6. The number of nitrogens with two attached hydrogens (primary N) is 1. The number of pyridine rings is 1. The molecule has 0 radical (unpaired) electrons. The van der Waals surface area contributed by atoms with Crippen molar-refractivity contribution in [3.8, 4) is 5.75 Å². The van der Waals surface area contributed by atoms with Crippen LogP contribution in [0, 0.1) is 17.7 Å². The lowest BCUT2D eigenvalue weighted by molar-refractivity contribution is -0.140. The van der Waals surface area contributed by atoms with Gasteiger partial charge in [0.05, 0.1) is 35.2 Å². The molecule has 0 spiro atoms. The zero-order valence-corrected chi connectivity index (χ0v) is 22.6.